The highest BCUT2D eigenvalue weighted by atomic mass is 15.3. The van der Waals surface area contributed by atoms with Crippen LogP contribution in [0.2, 0.25) is 0 Å². The lowest BCUT2D eigenvalue weighted by atomic mass is 10.1. The number of aryl methyl sites for hydroxylation is 2. The largest absolute Gasteiger partial charge is 0.398 e. The molecule has 2 N–H and O–H groups in total. The summed E-state index contributed by atoms with van der Waals surface area (Å²) in [6.07, 6.45) is 0. The molecule has 22 heavy (non-hydrogen) atoms. The second kappa shape index (κ2) is 4.53. The van der Waals surface area contributed by atoms with Gasteiger partial charge in [0.1, 0.15) is 0 Å². The lowest BCUT2D eigenvalue weighted by molar-refractivity contribution is 1.11. The number of benzene rings is 2. The average Bonchev–Trinajstić information content (AvgIpc) is 2.96. The highest BCUT2D eigenvalue weighted by molar-refractivity contribution is 5.81. The van der Waals surface area contributed by atoms with E-state index < -0.39 is 0 Å². The molecule has 5 nitrogen and oxygen atoms in total. The third kappa shape index (κ3) is 1.75. The van der Waals surface area contributed by atoms with Gasteiger partial charge in [-0.25, -0.2) is 4.98 Å². The number of hydrogen-bond donors (Lipinski definition) is 1. The van der Waals surface area contributed by atoms with Crippen LogP contribution < -0.4 is 5.73 Å². The Kier molecular flexibility index (Phi) is 2.63. The monoisotopic (exact) mass is 289 g/mol. The lowest BCUT2D eigenvalue weighted by Gasteiger charge is -2.07. The van der Waals surface area contributed by atoms with E-state index in [4.69, 9.17) is 5.73 Å². The van der Waals surface area contributed by atoms with Gasteiger partial charge in [0.25, 0.3) is 0 Å². The molecule has 4 aromatic rings. The van der Waals surface area contributed by atoms with Gasteiger partial charge in [-0.15, -0.1) is 10.2 Å². The number of anilines is 1. The average molecular weight is 289 g/mol. The summed E-state index contributed by atoms with van der Waals surface area (Å²) >= 11 is 0. The number of fused-ring (bicyclic) bond motifs is 3. The first-order valence-corrected chi connectivity index (χ1v) is 7.12. The van der Waals surface area contributed by atoms with Crippen molar-refractivity contribution in [2.24, 2.45) is 0 Å². The van der Waals surface area contributed by atoms with Gasteiger partial charge in [-0.3, -0.25) is 4.40 Å². The molecule has 4 rings (SSSR count). The number of hydrogen-bond acceptors (Lipinski definition) is 4. The molecule has 0 aliphatic rings. The summed E-state index contributed by atoms with van der Waals surface area (Å²) in [6.45, 7) is 3.94. The van der Waals surface area contributed by atoms with E-state index in [0.717, 1.165) is 45.0 Å². The lowest BCUT2D eigenvalue weighted by Crippen LogP contribution is -1.98. The Labute approximate surface area is 127 Å². The predicted octanol–water partition coefficient (Wildman–Crippen LogP) is 3.14. The topological polar surface area (TPSA) is 69.1 Å². The molecular formula is C17H15N5. The predicted molar refractivity (Wildman–Crippen MR) is 87.6 cm³/mol. The maximum Gasteiger partial charge on any atom is 0.183 e. The Morgan fingerprint density at radius 3 is 2.64 bits per heavy atom. The van der Waals surface area contributed by atoms with Crippen LogP contribution >= 0.6 is 0 Å². The number of nitrogens with zero attached hydrogens (tertiary/aromatic N) is 4. The summed E-state index contributed by atoms with van der Waals surface area (Å²) in [6, 6.07) is 14.0. The fraction of sp³-hybridized carbons (Fsp3) is 0.118. The van der Waals surface area contributed by atoms with E-state index in [-0.39, 0.29) is 0 Å². The highest BCUT2D eigenvalue weighted by Crippen LogP contribution is 2.26. The first kappa shape index (κ1) is 12.8. The summed E-state index contributed by atoms with van der Waals surface area (Å²) in [5.74, 6) is 0.781. The van der Waals surface area contributed by atoms with Crippen molar-refractivity contribution >= 4 is 22.4 Å². The molecule has 0 saturated heterocycles. The van der Waals surface area contributed by atoms with Crippen molar-refractivity contribution in [3.63, 3.8) is 0 Å². The normalized spacial score (nSPS) is 11.4. The first-order valence-electron chi connectivity index (χ1n) is 7.12. The number of aromatic nitrogens is 4. The molecule has 0 spiro atoms. The smallest absolute Gasteiger partial charge is 0.183 e. The zero-order valence-electron chi connectivity index (χ0n) is 12.4. The quantitative estimate of drug-likeness (QED) is 0.546. The van der Waals surface area contributed by atoms with E-state index in [1.54, 1.807) is 0 Å². The Balaban J connectivity index is 2.12. The third-order valence-electron chi connectivity index (χ3n) is 3.93. The van der Waals surface area contributed by atoms with Gasteiger partial charge in [0.05, 0.1) is 16.7 Å². The molecule has 0 aliphatic heterocycles. The molecule has 0 saturated carbocycles. The van der Waals surface area contributed by atoms with Crippen LogP contribution in [0, 0.1) is 13.8 Å². The van der Waals surface area contributed by atoms with Crippen molar-refractivity contribution in [1.82, 2.24) is 19.6 Å². The fourth-order valence-electron chi connectivity index (χ4n) is 2.69. The SMILES string of the molecule is Cc1ccc(-c2nnc3c(C)nc4ccccc4n23)cc1N. The zero-order valence-corrected chi connectivity index (χ0v) is 12.4. The Morgan fingerprint density at radius 2 is 1.82 bits per heavy atom. The number of nitrogens with two attached hydrogens (primary N) is 1. The van der Waals surface area contributed by atoms with Gasteiger partial charge in [-0.05, 0) is 37.6 Å². The van der Waals surface area contributed by atoms with Crippen molar-refractivity contribution in [1.29, 1.82) is 0 Å². The number of nitrogen functional groups attached to an aromatic ring is 1. The van der Waals surface area contributed by atoms with Crippen LogP contribution in [0.5, 0.6) is 0 Å². The van der Waals surface area contributed by atoms with Crippen molar-refractivity contribution in [3.05, 3.63) is 53.7 Å². The van der Waals surface area contributed by atoms with Crippen molar-refractivity contribution in [2.75, 3.05) is 5.73 Å². The fourth-order valence-corrected chi connectivity index (χ4v) is 2.69. The summed E-state index contributed by atoms with van der Waals surface area (Å²) < 4.78 is 2.04. The molecule has 2 aromatic carbocycles. The van der Waals surface area contributed by atoms with Crippen molar-refractivity contribution < 1.29 is 0 Å². The van der Waals surface area contributed by atoms with Crippen LogP contribution in [0.4, 0.5) is 5.69 Å². The second-order valence-corrected chi connectivity index (χ2v) is 5.44. The molecule has 0 bridgehead atoms. The summed E-state index contributed by atoms with van der Waals surface area (Å²) in [5.41, 5.74) is 12.3. The maximum atomic E-state index is 6.04. The molecular weight excluding hydrogens is 274 g/mol. The highest BCUT2D eigenvalue weighted by Gasteiger charge is 2.14. The Hall–Kier alpha value is -2.95. The summed E-state index contributed by atoms with van der Waals surface area (Å²) in [7, 11) is 0. The molecule has 0 radical (unpaired) electrons. The van der Waals surface area contributed by atoms with Gasteiger partial charge in [0.15, 0.2) is 11.5 Å². The minimum absolute atomic E-state index is 0.754. The number of rotatable bonds is 1. The first-order chi connectivity index (χ1) is 10.6. The minimum atomic E-state index is 0.754. The minimum Gasteiger partial charge on any atom is -0.398 e. The maximum absolute atomic E-state index is 6.04. The standard InChI is InChI=1S/C17H15N5/c1-10-7-8-12(9-13(10)18)17-21-20-16-11(2)19-14-5-3-4-6-15(14)22(16)17/h3-9H,18H2,1-2H3. The van der Waals surface area contributed by atoms with E-state index >= 15 is 0 Å². The number of para-hydroxylation sites is 2. The van der Waals surface area contributed by atoms with Crippen LogP contribution in [0.3, 0.4) is 0 Å². The van der Waals surface area contributed by atoms with Gasteiger partial charge in [-0.2, -0.15) is 0 Å². The molecule has 0 fully saturated rings. The molecule has 0 amide bonds. The van der Waals surface area contributed by atoms with E-state index in [1.165, 1.54) is 0 Å². The van der Waals surface area contributed by atoms with Gasteiger partial charge < -0.3 is 5.73 Å². The molecule has 2 aromatic heterocycles. The third-order valence-corrected chi connectivity index (χ3v) is 3.93. The molecule has 5 heteroatoms. The van der Waals surface area contributed by atoms with Gasteiger partial charge >= 0.3 is 0 Å². The van der Waals surface area contributed by atoms with Gasteiger partial charge in [0, 0.05) is 11.3 Å². The van der Waals surface area contributed by atoms with Crippen LogP contribution in [0.15, 0.2) is 42.5 Å². The van der Waals surface area contributed by atoms with Gasteiger partial charge in [-0.1, -0.05) is 24.3 Å². The Morgan fingerprint density at radius 1 is 1.00 bits per heavy atom. The van der Waals surface area contributed by atoms with Crippen LogP contribution in [0.25, 0.3) is 28.1 Å². The van der Waals surface area contributed by atoms with E-state index in [0.29, 0.717) is 0 Å². The van der Waals surface area contributed by atoms with E-state index in [2.05, 4.69) is 15.2 Å². The van der Waals surface area contributed by atoms with Crippen LogP contribution in [-0.4, -0.2) is 19.6 Å². The summed E-state index contributed by atoms with van der Waals surface area (Å²) in [5, 5.41) is 8.67. The van der Waals surface area contributed by atoms with Crippen molar-refractivity contribution in [3.8, 4) is 11.4 Å². The molecule has 0 aliphatic carbocycles. The molecule has 0 unspecified atom stereocenters. The molecule has 0 atom stereocenters. The Bertz CT molecular complexity index is 1020. The summed E-state index contributed by atoms with van der Waals surface area (Å²) in [4.78, 5) is 4.59. The van der Waals surface area contributed by atoms with Crippen LogP contribution in [-0.2, 0) is 0 Å². The zero-order chi connectivity index (χ0) is 15.3. The van der Waals surface area contributed by atoms with Crippen LogP contribution in [0.1, 0.15) is 11.3 Å². The van der Waals surface area contributed by atoms with Crippen molar-refractivity contribution in [2.45, 2.75) is 13.8 Å². The second-order valence-electron chi connectivity index (χ2n) is 5.44. The van der Waals surface area contributed by atoms with E-state index in [9.17, 15) is 0 Å². The molecule has 108 valence electrons. The molecule has 2 heterocycles. The van der Waals surface area contributed by atoms with Gasteiger partial charge in [0.2, 0.25) is 0 Å². The van der Waals surface area contributed by atoms with E-state index in [1.807, 2.05) is 60.7 Å².